The van der Waals surface area contributed by atoms with E-state index in [1.54, 1.807) is 6.07 Å². The second kappa shape index (κ2) is 5.71. The van der Waals surface area contributed by atoms with Gasteiger partial charge in [-0.2, -0.15) is 0 Å². The zero-order valence-electron chi connectivity index (χ0n) is 10.5. The van der Waals surface area contributed by atoms with Crippen molar-refractivity contribution >= 4 is 17.4 Å². The number of rotatable bonds is 3. The Hall–Kier alpha value is -1.78. The predicted molar refractivity (Wildman–Crippen MR) is 72.3 cm³/mol. The summed E-state index contributed by atoms with van der Waals surface area (Å²) in [7, 11) is 0. The van der Waals surface area contributed by atoms with Crippen LogP contribution in [0, 0.1) is 0 Å². The summed E-state index contributed by atoms with van der Waals surface area (Å²) < 4.78 is 0. The minimum absolute atomic E-state index is 0.328. The van der Waals surface area contributed by atoms with Gasteiger partial charge in [0.05, 0.1) is 17.4 Å². The first kappa shape index (κ1) is 12.7. The summed E-state index contributed by atoms with van der Waals surface area (Å²) >= 11 is 0. The van der Waals surface area contributed by atoms with Crippen LogP contribution < -0.4 is 16.8 Å². The van der Waals surface area contributed by atoms with E-state index in [1.807, 2.05) is 0 Å². The Morgan fingerprint density at radius 1 is 1.28 bits per heavy atom. The van der Waals surface area contributed by atoms with Gasteiger partial charge in [0.15, 0.2) is 0 Å². The van der Waals surface area contributed by atoms with Gasteiger partial charge in [-0.3, -0.25) is 4.79 Å². The number of nitrogens with zero attached hydrogens (tertiary/aromatic N) is 1. The topological polar surface area (TPSA) is 94.0 Å². The van der Waals surface area contributed by atoms with Crippen molar-refractivity contribution in [1.82, 2.24) is 4.98 Å². The molecule has 0 saturated heterocycles. The highest BCUT2D eigenvalue weighted by atomic mass is 16.1. The van der Waals surface area contributed by atoms with Crippen LogP contribution in [0.4, 0.5) is 11.5 Å². The summed E-state index contributed by atoms with van der Waals surface area (Å²) in [6, 6.07) is 2.08. The molecule has 1 aliphatic carbocycles. The Morgan fingerprint density at radius 3 is 2.56 bits per heavy atom. The van der Waals surface area contributed by atoms with E-state index in [2.05, 4.69) is 10.3 Å². The van der Waals surface area contributed by atoms with E-state index >= 15 is 0 Å². The molecule has 5 heteroatoms. The number of anilines is 2. The molecule has 1 heterocycles. The smallest absolute Gasteiger partial charge is 0.250 e. The Morgan fingerprint density at radius 2 is 1.94 bits per heavy atom. The summed E-state index contributed by atoms with van der Waals surface area (Å²) in [4.78, 5) is 15.4. The van der Waals surface area contributed by atoms with Crippen LogP contribution in [0.1, 0.15) is 48.9 Å². The zero-order chi connectivity index (χ0) is 13.0. The molecule has 2 rings (SSSR count). The fraction of sp³-hybridized carbons (Fsp3) is 0.538. The summed E-state index contributed by atoms with van der Waals surface area (Å²) in [5, 5.41) is 3.37. The number of hydrogen-bond donors (Lipinski definition) is 3. The molecule has 1 aromatic heterocycles. The van der Waals surface area contributed by atoms with Gasteiger partial charge in [0, 0.05) is 6.04 Å². The van der Waals surface area contributed by atoms with Crippen molar-refractivity contribution in [2.75, 3.05) is 11.1 Å². The van der Waals surface area contributed by atoms with Crippen molar-refractivity contribution in [2.45, 2.75) is 44.6 Å². The lowest BCUT2D eigenvalue weighted by Crippen LogP contribution is -2.20. The number of nitrogens with two attached hydrogens (primary N) is 2. The maximum atomic E-state index is 11.2. The van der Waals surface area contributed by atoms with Crippen LogP contribution in [0.5, 0.6) is 0 Å². The lowest BCUT2D eigenvalue weighted by molar-refractivity contribution is 0.100. The van der Waals surface area contributed by atoms with Crippen LogP contribution in [-0.4, -0.2) is 16.9 Å². The summed E-state index contributed by atoms with van der Waals surface area (Å²) in [6.07, 6.45) is 8.89. The molecule has 98 valence electrons. The molecule has 1 aliphatic rings. The molecular weight excluding hydrogens is 228 g/mol. The summed E-state index contributed by atoms with van der Waals surface area (Å²) in [5.74, 6) is 0.170. The Bertz CT molecular complexity index is 425. The maximum absolute atomic E-state index is 11.2. The first-order valence-electron chi connectivity index (χ1n) is 6.48. The molecule has 1 fully saturated rings. The molecule has 18 heavy (non-hydrogen) atoms. The molecule has 0 aliphatic heterocycles. The molecule has 1 amide bonds. The average molecular weight is 248 g/mol. The fourth-order valence-corrected chi connectivity index (χ4v) is 2.39. The molecule has 0 aromatic carbocycles. The Kier molecular flexibility index (Phi) is 4.02. The fourth-order valence-electron chi connectivity index (χ4n) is 2.39. The number of primary amides is 1. The van der Waals surface area contributed by atoms with E-state index in [9.17, 15) is 4.79 Å². The van der Waals surface area contributed by atoms with Crippen molar-refractivity contribution in [3.63, 3.8) is 0 Å². The molecular formula is C13H20N4O. The lowest BCUT2D eigenvalue weighted by atomic mass is 10.1. The number of carbonyl (C=O) groups is 1. The van der Waals surface area contributed by atoms with Crippen LogP contribution >= 0.6 is 0 Å². The van der Waals surface area contributed by atoms with Crippen molar-refractivity contribution in [1.29, 1.82) is 0 Å². The maximum Gasteiger partial charge on any atom is 0.250 e. The number of aromatic nitrogens is 1. The van der Waals surface area contributed by atoms with Crippen LogP contribution in [0.15, 0.2) is 12.3 Å². The van der Waals surface area contributed by atoms with Gasteiger partial charge in [-0.1, -0.05) is 25.7 Å². The highest BCUT2D eigenvalue weighted by Gasteiger charge is 2.14. The second-order valence-electron chi connectivity index (χ2n) is 4.85. The van der Waals surface area contributed by atoms with Gasteiger partial charge in [-0.25, -0.2) is 4.98 Å². The Balaban J connectivity index is 2.08. The van der Waals surface area contributed by atoms with E-state index in [-0.39, 0.29) is 0 Å². The first-order chi connectivity index (χ1) is 8.66. The van der Waals surface area contributed by atoms with Gasteiger partial charge in [-0.15, -0.1) is 0 Å². The monoisotopic (exact) mass is 248 g/mol. The van der Waals surface area contributed by atoms with Crippen LogP contribution in [0.2, 0.25) is 0 Å². The number of nitrogen functional groups attached to an aromatic ring is 1. The van der Waals surface area contributed by atoms with Gasteiger partial charge < -0.3 is 16.8 Å². The van der Waals surface area contributed by atoms with Gasteiger partial charge in [0.2, 0.25) is 0 Å². The largest absolute Gasteiger partial charge is 0.397 e. The van der Waals surface area contributed by atoms with Crippen LogP contribution in [-0.2, 0) is 0 Å². The van der Waals surface area contributed by atoms with Crippen LogP contribution in [0.25, 0.3) is 0 Å². The molecule has 0 unspecified atom stereocenters. The molecule has 0 bridgehead atoms. The predicted octanol–water partition coefficient (Wildman–Crippen LogP) is 1.90. The third kappa shape index (κ3) is 3.12. The molecule has 0 spiro atoms. The van der Waals surface area contributed by atoms with E-state index in [0.29, 0.717) is 23.1 Å². The molecule has 5 N–H and O–H groups in total. The standard InChI is InChI=1S/C13H20N4O/c14-11-8-16-12(7-10(11)13(15)18)17-9-5-3-1-2-4-6-9/h7-9H,1-6,14H2,(H2,15,18)(H,16,17). The summed E-state index contributed by atoms with van der Waals surface area (Å²) in [6.45, 7) is 0. The van der Waals surface area contributed by atoms with E-state index in [4.69, 9.17) is 11.5 Å². The third-order valence-electron chi connectivity index (χ3n) is 3.41. The second-order valence-corrected chi connectivity index (χ2v) is 4.85. The molecule has 0 atom stereocenters. The van der Waals surface area contributed by atoms with E-state index in [0.717, 1.165) is 12.8 Å². The summed E-state index contributed by atoms with van der Waals surface area (Å²) in [5.41, 5.74) is 11.6. The average Bonchev–Trinajstić information content (AvgIpc) is 2.60. The molecule has 5 nitrogen and oxygen atoms in total. The SMILES string of the molecule is NC(=O)c1cc(NC2CCCCCC2)ncc1N. The molecule has 0 radical (unpaired) electrons. The van der Waals surface area contributed by atoms with E-state index < -0.39 is 5.91 Å². The lowest BCUT2D eigenvalue weighted by Gasteiger charge is -2.17. The number of pyridine rings is 1. The first-order valence-corrected chi connectivity index (χ1v) is 6.48. The quantitative estimate of drug-likeness (QED) is 0.712. The Labute approximate surface area is 107 Å². The van der Waals surface area contributed by atoms with Gasteiger partial charge in [-0.05, 0) is 18.9 Å². The van der Waals surface area contributed by atoms with Crippen molar-refractivity contribution in [3.05, 3.63) is 17.8 Å². The van der Waals surface area contributed by atoms with Gasteiger partial charge in [0.25, 0.3) is 5.91 Å². The minimum atomic E-state index is -0.515. The van der Waals surface area contributed by atoms with Crippen molar-refractivity contribution in [3.8, 4) is 0 Å². The van der Waals surface area contributed by atoms with E-state index in [1.165, 1.54) is 31.9 Å². The highest BCUT2D eigenvalue weighted by Crippen LogP contribution is 2.21. The molecule has 1 aromatic rings. The molecule has 1 saturated carbocycles. The highest BCUT2D eigenvalue weighted by molar-refractivity contribution is 5.98. The van der Waals surface area contributed by atoms with Crippen LogP contribution in [0.3, 0.4) is 0 Å². The van der Waals surface area contributed by atoms with Gasteiger partial charge in [0.1, 0.15) is 5.82 Å². The number of carbonyl (C=O) groups excluding carboxylic acids is 1. The minimum Gasteiger partial charge on any atom is -0.397 e. The third-order valence-corrected chi connectivity index (χ3v) is 3.41. The zero-order valence-corrected chi connectivity index (χ0v) is 10.5. The van der Waals surface area contributed by atoms with Gasteiger partial charge >= 0.3 is 0 Å². The van der Waals surface area contributed by atoms with Crippen molar-refractivity contribution in [2.24, 2.45) is 5.73 Å². The number of amides is 1. The normalized spacial score (nSPS) is 17.1. The van der Waals surface area contributed by atoms with Crippen molar-refractivity contribution < 1.29 is 4.79 Å². The number of nitrogens with one attached hydrogen (secondary N) is 1. The number of hydrogen-bond acceptors (Lipinski definition) is 4.